The van der Waals surface area contributed by atoms with E-state index in [4.69, 9.17) is 7.10 Å². The van der Waals surface area contributed by atoms with Crippen LogP contribution in [0.2, 0.25) is 0 Å². The molecule has 13 heavy (non-hydrogen) atoms. The first-order valence-corrected chi connectivity index (χ1v) is 4.16. The summed E-state index contributed by atoms with van der Waals surface area (Å²) in [5.74, 6) is -0.435. The van der Waals surface area contributed by atoms with Gasteiger partial charge in [0, 0.05) is 1.37 Å². The molecule has 0 aliphatic heterocycles. The Morgan fingerprint density at radius 1 is 1.46 bits per heavy atom. The van der Waals surface area contributed by atoms with Crippen molar-refractivity contribution in [3.8, 4) is 0 Å². The zero-order valence-electron chi connectivity index (χ0n) is 8.36. The van der Waals surface area contributed by atoms with Crippen molar-refractivity contribution in [2.45, 2.75) is 6.42 Å². The Morgan fingerprint density at radius 2 is 2.15 bits per heavy atom. The molecule has 1 aromatic rings. The molecule has 0 bridgehead atoms. The van der Waals surface area contributed by atoms with Gasteiger partial charge in [0.25, 0.3) is 0 Å². The van der Waals surface area contributed by atoms with Crippen molar-refractivity contribution in [3.63, 3.8) is 0 Å². The van der Waals surface area contributed by atoms with Crippen LogP contribution in [0.3, 0.4) is 0 Å². The summed E-state index contributed by atoms with van der Waals surface area (Å²) in [5.41, 5.74) is 6.02. The van der Waals surface area contributed by atoms with E-state index in [9.17, 15) is 4.79 Å². The molecule has 0 heterocycles. The van der Waals surface area contributed by atoms with E-state index in [0.717, 1.165) is 5.56 Å². The number of benzene rings is 1. The van der Waals surface area contributed by atoms with E-state index in [2.05, 4.69) is 5.32 Å². The van der Waals surface area contributed by atoms with Gasteiger partial charge in [0.15, 0.2) is 0 Å². The normalized spacial score (nSPS) is 13.4. The van der Waals surface area contributed by atoms with Gasteiger partial charge in [-0.1, -0.05) is 30.3 Å². The van der Waals surface area contributed by atoms with E-state index in [-0.39, 0.29) is 6.54 Å². The number of aryl methyl sites for hydroxylation is 1. The van der Waals surface area contributed by atoms with Gasteiger partial charge in [0.05, 0.1) is 6.54 Å². The predicted octanol–water partition coefficient (Wildman–Crippen LogP) is 0.304. The predicted molar refractivity (Wildman–Crippen MR) is 52.2 cm³/mol. The molecule has 3 nitrogen and oxygen atoms in total. The first-order valence-electron chi connectivity index (χ1n) is 4.74. The molecule has 0 radical (unpaired) electrons. The molecule has 1 unspecified atom stereocenters. The summed E-state index contributed by atoms with van der Waals surface area (Å²) in [6.07, 6.45) is 0.577. The van der Waals surface area contributed by atoms with Crippen molar-refractivity contribution in [3.05, 3.63) is 35.9 Å². The third-order valence-corrected chi connectivity index (χ3v) is 1.60. The number of nitrogens with one attached hydrogen (secondary N) is 1. The van der Waals surface area contributed by atoms with Crippen LogP contribution in [0.1, 0.15) is 6.93 Å². The lowest BCUT2D eigenvalue weighted by Crippen LogP contribution is -2.29. The number of rotatable bonds is 5. The largest absolute Gasteiger partial charge is 0.369 e. The summed E-state index contributed by atoms with van der Waals surface area (Å²) in [5, 5.41) is 2.72. The highest BCUT2D eigenvalue weighted by Gasteiger charge is 1.93. The monoisotopic (exact) mass is 179 g/mol. The van der Waals surface area contributed by atoms with Crippen LogP contribution in [0.5, 0.6) is 0 Å². The summed E-state index contributed by atoms with van der Waals surface area (Å²) in [6, 6.07) is 9.69. The van der Waals surface area contributed by atoms with E-state index in [1.165, 1.54) is 0 Å². The van der Waals surface area contributed by atoms with Crippen molar-refractivity contribution < 1.29 is 6.17 Å². The van der Waals surface area contributed by atoms with Crippen LogP contribution in [-0.4, -0.2) is 19.0 Å². The number of nitrogens with two attached hydrogens (primary N) is 1. The third-order valence-electron chi connectivity index (χ3n) is 1.60. The summed E-state index contributed by atoms with van der Waals surface area (Å²) in [7, 11) is 0. The van der Waals surface area contributed by atoms with Gasteiger partial charge in [-0.15, -0.1) is 0 Å². The van der Waals surface area contributed by atoms with E-state index in [0.29, 0.717) is 6.42 Å². The van der Waals surface area contributed by atoms with Gasteiger partial charge in [0.1, 0.15) is 0 Å². The zero-order valence-corrected chi connectivity index (χ0v) is 7.36. The van der Waals surface area contributed by atoms with Gasteiger partial charge < -0.3 is 11.1 Å². The highest BCUT2D eigenvalue weighted by Crippen LogP contribution is 1.97. The van der Waals surface area contributed by atoms with Crippen molar-refractivity contribution in [1.29, 1.82) is 0 Å². The van der Waals surface area contributed by atoms with Crippen molar-refractivity contribution >= 4 is 5.91 Å². The van der Waals surface area contributed by atoms with Crippen LogP contribution < -0.4 is 11.1 Å². The Bertz CT molecular complexity index is 289. The van der Waals surface area contributed by atoms with E-state index < -0.39 is 12.4 Å². The van der Waals surface area contributed by atoms with E-state index in [1.807, 2.05) is 30.3 Å². The van der Waals surface area contributed by atoms with E-state index in [1.54, 1.807) is 0 Å². The minimum atomic E-state index is -0.482. The molecule has 0 spiro atoms. The molecule has 3 N–H and O–H groups in total. The first kappa shape index (κ1) is 8.26. The molecule has 1 aromatic carbocycles. The molecule has 0 aliphatic rings. The quantitative estimate of drug-likeness (QED) is 0.683. The van der Waals surface area contributed by atoms with Crippen molar-refractivity contribution in [2.24, 2.45) is 5.73 Å². The zero-order chi connectivity index (χ0) is 10.4. The van der Waals surface area contributed by atoms with Crippen LogP contribution in [0.15, 0.2) is 30.3 Å². The van der Waals surface area contributed by atoms with Crippen LogP contribution in [0.4, 0.5) is 0 Å². The van der Waals surface area contributed by atoms with Gasteiger partial charge in [-0.05, 0) is 18.5 Å². The maximum atomic E-state index is 10.4. The maximum absolute atomic E-state index is 10.4. The Balaban J connectivity index is 2.34. The average Bonchev–Trinajstić information content (AvgIpc) is 2.16. The molecule has 1 atom stereocenters. The second-order valence-corrected chi connectivity index (χ2v) is 2.74. The number of amides is 1. The molecular formula is C10H14N2O. The molecule has 0 saturated heterocycles. The minimum Gasteiger partial charge on any atom is -0.369 e. The van der Waals surface area contributed by atoms with Gasteiger partial charge >= 0.3 is 0 Å². The van der Waals surface area contributed by atoms with Crippen LogP contribution in [0, 0.1) is 0 Å². The standard InChI is InChI=1S/C10H14N2O/c11-10(13)8-12-7-6-9-4-2-1-3-5-9/h1-5,12H,6-8H2,(H2,11,13)/i7D. The summed E-state index contributed by atoms with van der Waals surface area (Å²) in [6.45, 7) is -0.425. The number of carbonyl (C=O) groups excluding carboxylic acids is 1. The number of primary amides is 1. The average molecular weight is 179 g/mol. The van der Waals surface area contributed by atoms with Crippen LogP contribution in [0.25, 0.3) is 0 Å². The Hall–Kier alpha value is -1.35. The van der Waals surface area contributed by atoms with Crippen LogP contribution in [-0.2, 0) is 11.2 Å². The topological polar surface area (TPSA) is 55.1 Å². The highest BCUT2D eigenvalue weighted by molar-refractivity contribution is 5.75. The molecule has 3 heteroatoms. The Morgan fingerprint density at radius 3 is 2.77 bits per heavy atom. The lowest BCUT2D eigenvalue weighted by atomic mass is 10.1. The smallest absolute Gasteiger partial charge is 0.231 e. The Kier molecular flexibility index (Phi) is 3.38. The SMILES string of the molecule is [2H]C(Cc1ccccc1)NCC(N)=O. The molecule has 0 aliphatic carbocycles. The summed E-state index contributed by atoms with van der Waals surface area (Å²) >= 11 is 0. The molecule has 1 amide bonds. The fourth-order valence-corrected chi connectivity index (χ4v) is 0.977. The highest BCUT2D eigenvalue weighted by atomic mass is 16.1. The fraction of sp³-hybridized carbons (Fsp3) is 0.300. The fourth-order valence-electron chi connectivity index (χ4n) is 0.977. The lowest BCUT2D eigenvalue weighted by molar-refractivity contribution is -0.117. The molecular weight excluding hydrogens is 164 g/mol. The molecule has 0 aromatic heterocycles. The van der Waals surface area contributed by atoms with Crippen molar-refractivity contribution in [2.75, 3.05) is 13.1 Å². The molecule has 70 valence electrons. The number of carbonyl (C=O) groups is 1. The third kappa shape index (κ3) is 4.28. The van der Waals surface area contributed by atoms with Crippen molar-refractivity contribution in [1.82, 2.24) is 5.32 Å². The van der Waals surface area contributed by atoms with Crippen LogP contribution >= 0.6 is 0 Å². The van der Waals surface area contributed by atoms with Gasteiger partial charge in [-0.25, -0.2) is 0 Å². The van der Waals surface area contributed by atoms with Gasteiger partial charge in [-0.3, -0.25) is 4.79 Å². The second kappa shape index (κ2) is 5.32. The number of hydrogen-bond donors (Lipinski definition) is 2. The molecule has 0 saturated carbocycles. The maximum Gasteiger partial charge on any atom is 0.231 e. The first-order chi connectivity index (χ1) is 6.68. The van der Waals surface area contributed by atoms with Gasteiger partial charge in [0.2, 0.25) is 5.91 Å². The van der Waals surface area contributed by atoms with E-state index >= 15 is 0 Å². The summed E-state index contributed by atoms with van der Waals surface area (Å²) < 4.78 is 7.58. The lowest BCUT2D eigenvalue weighted by Gasteiger charge is -2.01. The van der Waals surface area contributed by atoms with Gasteiger partial charge in [-0.2, -0.15) is 0 Å². The second-order valence-electron chi connectivity index (χ2n) is 2.74. The number of hydrogen-bond acceptors (Lipinski definition) is 2. The molecule has 1 rings (SSSR count). The minimum absolute atomic E-state index is 0.0565. The Labute approximate surface area is 79.3 Å². The molecule has 0 fully saturated rings. The summed E-state index contributed by atoms with van der Waals surface area (Å²) in [4.78, 5) is 10.4.